The summed E-state index contributed by atoms with van der Waals surface area (Å²) in [5, 5.41) is 10.5. The molecule has 1 saturated heterocycles. The van der Waals surface area contributed by atoms with Crippen LogP contribution < -0.4 is 5.69 Å². The van der Waals surface area contributed by atoms with E-state index < -0.39 is 0 Å². The number of H-pyrrole nitrogens is 2. The van der Waals surface area contributed by atoms with E-state index in [4.69, 9.17) is 4.52 Å². The molecule has 0 spiro atoms. The Balaban J connectivity index is 1.56. The number of nitrogens with zero attached hydrogens (tertiary/aromatic N) is 4. The van der Waals surface area contributed by atoms with Gasteiger partial charge in [0, 0.05) is 11.3 Å². The average molecular weight is 306 g/mol. The van der Waals surface area contributed by atoms with Crippen molar-refractivity contribution in [1.82, 2.24) is 30.2 Å². The van der Waals surface area contributed by atoms with E-state index in [1.54, 1.807) is 0 Å². The molecule has 3 heterocycles. The van der Waals surface area contributed by atoms with Gasteiger partial charge in [0.15, 0.2) is 5.82 Å². The second-order valence-corrected chi connectivity index (χ2v) is 6.88. The Morgan fingerprint density at radius 3 is 2.59 bits per heavy atom. The molecule has 0 saturated carbocycles. The third-order valence-electron chi connectivity index (χ3n) is 3.99. The van der Waals surface area contributed by atoms with E-state index in [1.165, 1.54) is 0 Å². The number of nitrogens with one attached hydrogen (secondary N) is 2. The smallest absolute Gasteiger partial charge is 0.338 e. The maximum Gasteiger partial charge on any atom is 0.340 e. The van der Waals surface area contributed by atoms with Gasteiger partial charge in [-0.3, -0.25) is 9.88 Å². The Hall–Kier alpha value is -1.96. The molecule has 0 unspecified atom stereocenters. The zero-order chi connectivity index (χ0) is 15.7. The van der Waals surface area contributed by atoms with Crippen LogP contribution in [-0.2, 0) is 12.0 Å². The van der Waals surface area contributed by atoms with Crippen molar-refractivity contribution in [2.75, 3.05) is 13.1 Å². The van der Waals surface area contributed by atoms with E-state index in [0.717, 1.165) is 37.6 Å². The van der Waals surface area contributed by atoms with E-state index >= 15 is 0 Å². The minimum absolute atomic E-state index is 0.0967. The summed E-state index contributed by atoms with van der Waals surface area (Å²) in [5.41, 5.74) is -0.335. The van der Waals surface area contributed by atoms with Gasteiger partial charge in [-0.25, -0.2) is 9.89 Å². The zero-order valence-electron chi connectivity index (χ0n) is 13.2. The van der Waals surface area contributed by atoms with E-state index in [1.807, 2.05) is 0 Å². The van der Waals surface area contributed by atoms with Crippen LogP contribution in [0.15, 0.2) is 9.32 Å². The Morgan fingerprint density at radius 1 is 1.32 bits per heavy atom. The molecule has 8 nitrogen and oxygen atoms in total. The maximum absolute atomic E-state index is 11.1. The quantitative estimate of drug-likeness (QED) is 0.882. The van der Waals surface area contributed by atoms with Crippen LogP contribution in [-0.4, -0.2) is 43.3 Å². The van der Waals surface area contributed by atoms with Gasteiger partial charge in [0.2, 0.25) is 5.89 Å². The van der Waals surface area contributed by atoms with Crippen molar-refractivity contribution in [3.8, 4) is 0 Å². The molecule has 0 amide bonds. The minimum Gasteiger partial charge on any atom is -0.338 e. The van der Waals surface area contributed by atoms with Crippen molar-refractivity contribution in [3.63, 3.8) is 0 Å². The van der Waals surface area contributed by atoms with Crippen LogP contribution in [0.5, 0.6) is 0 Å². The van der Waals surface area contributed by atoms with Gasteiger partial charge < -0.3 is 4.52 Å². The second-order valence-electron chi connectivity index (χ2n) is 6.88. The second kappa shape index (κ2) is 5.68. The first-order valence-electron chi connectivity index (χ1n) is 7.62. The molecule has 1 aliphatic rings. The highest BCUT2D eigenvalue weighted by molar-refractivity contribution is 5.00. The van der Waals surface area contributed by atoms with E-state index in [-0.39, 0.29) is 11.1 Å². The predicted octanol–water partition coefficient (Wildman–Crippen LogP) is 1.16. The highest BCUT2D eigenvalue weighted by Crippen LogP contribution is 2.25. The van der Waals surface area contributed by atoms with Crippen LogP contribution in [0.25, 0.3) is 0 Å². The van der Waals surface area contributed by atoms with Crippen molar-refractivity contribution in [2.45, 2.75) is 51.5 Å². The lowest BCUT2D eigenvalue weighted by atomic mass is 9.96. The molecule has 2 aromatic rings. The average Bonchev–Trinajstić information content (AvgIpc) is 3.08. The van der Waals surface area contributed by atoms with Crippen LogP contribution in [0, 0.1) is 0 Å². The van der Waals surface area contributed by atoms with Gasteiger partial charge in [-0.1, -0.05) is 25.9 Å². The molecule has 8 heteroatoms. The van der Waals surface area contributed by atoms with Crippen molar-refractivity contribution in [1.29, 1.82) is 0 Å². The van der Waals surface area contributed by atoms with Gasteiger partial charge in [-0.05, 0) is 25.9 Å². The van der Waals surface area contributed by atoms with E-state index in [9.17, 15) is 4.79 Å². The summed E-state index contributed by atoms with van der Waals surface area (Å²) >= 11 is 0. The van der Waals surface area contributed by atoms with Crippen LogP contribution in [0.1, 0.15) is 57.1 Å². The fourth-order valence-corrected chi connectivity index (χ4v) is 2.66. The highest BCUT2D eigenvalue weighted by Gasteiger charge is 2.25. The third kappa shape index (κ3) is 3.27. The fourth-order valence-electron chi connectivity index (χ4n) is 2.66. The number of aromatic nitrogens is 5. The van der Waals surface area contributed by atoms with Crippen molar-refractivity contribution < 1.29 is 4.52 Å². The lowest BCUT2D eigenvalue weighted by Crippen LogP contribution is -2.33. The van der Waals surface area contributed by atoms with Crippen molar-refractivity contribution >= 4 is 0 Å². The SMILES string of the molecule is CC(C)(C)c1noc(CN2CCC(c3n[nH]c(=O)[nH]3)CC2)n1. The molecule has 0 atom stereocenters. The summed E-state index contributed by atoms with van der Waals surface area (Å²) in [6.07, 6.45) is 1.92. The Kier molecular flexibility index (Phi) is 3.86. The molecule has 0 aromatic carbocycles. The first kappa shape index (κ1) is 15.0. The van der Waals surface area contributed by atoms with Crippen molar-refractivity contribution in [3.05, 3.63) is 28.0 Å². The van der Waals surface area contributed by atoms with Crippen LogP contribution in [0.3, 0.4) is 0 Å². The number of hydrogen-bond acceptors (Lipinski definition) is 6. The first-order valence-corrected chi connectivity index (χ1v) is 7.62. The Bertz CT molecular complexity index is 672. The summed E-state index contributed by atoms with van der Waals surface area (Å²) < 4.78 is 5.34. The topological polar surface area (TPSA) is 104 Å². The zero-order valence-corrected chi connectivity index (χ0v) is 13.2. The summed E-state index contributed by atoms with van der Waals surface area (Å²) in [6.45, 7) is 8.72. The number of likely N-dealkylation sites (tertiary alicyclic amines) is 1. The maximum atomic E-state index is 11.1. The molecular weight excluding hydrogens is 284 g/mol. The molecule has 22 heavy (non-hydrogen) atoms. The Morgan fingerprint density at radius 2 is 2.05 bits per heavy atom. The molecule has 120 valence electrons. The molecule has 3 rings (SSSR count). The molecule has 2 N–H and O–H groups in total. The lowest BCUT2D eigenvalue weighted by Gasteiger charge is -2.29. The normalized spacial score (nSPS) is 18.0. The Labute approximate surface area is 128 Å². The van der Waals surface area contributed by atoms with Crippen molar-refractivity contribution in [2.24, 2.45) is 0 Å². The van der Waals surface area contributed by atoms with Gasteiger partial charge in [-0.2, -0.15) is 10.1 Å². The predicted molar refractivity (Wildman–Crippen MR) is 79.5 cm³/mol. The number of piperidine rings is 1. The number of aromatic amines is 2. The summed E-state index contributed by atoms with van der Waals surface area (Å²) in [7, 11) is 0. The standard InChI is InChI=1S/C14H22N6O2/c1-14(2,3)12-15-10(22-19-12)8-20-6-4-9(5-7-20)11-16-13(21)18-17-11/h9H,4-8H2,1-3H3,(H2,16,17,18,21). The first-order chi connectivity index (χ1) is 10.4. The summed E-state index contributed by atoms with van der Waals surface area (Å²) in [6, 6.07) is 0. The lowest BCUT2D eigenvalue weighted by molar-refractivity contribution is 0.178. The molecular formula is C14H22N6O2. The summed E-state index contributed by atoms with van der Waals surface area (Å²) in [4.78, 5) is 20.6. The highest BCUT2D eigenvalue weighted by atomic mass is 16.5. The fraction of sp³-hybridized carbons (Fsp3) is 0.714. The van der Waals surface area contributed by atoms with Crippen LogP contribution in [0.2, 0.25) is 0 Å². The van der Waals surface area contributed by atoms with Gasteiger partial charge in [0.05, 0.1) is 6.54 Å². The minimum atomic E-state index is -0.238. The van der Waals surface area contributed by atoms with E-state index in [0.29, 0.717) is 18.4 Å². The molecule has 1 aliphatic heterocycles. The van der Waals surface area contributed by atoms with Crippen LogP contribution >= 0.6 is 0 Å². The largest absolute Gasteiger partial charge is 0.340 e. The number of hydrogen-bond donors (Lipinski definition) is 2. The molecule has 0 aliphatic carbocycles. The van der Waals surface area contributed by atoms with Gasteiger partial charge in [-0.15, -0.1) is 0 Å². The van der Waals surface area contributed by atoms with E-state index in [2.05, 4.69) is 51.0 Å². The van der Waals surface area contributed by atoms with Gasteiger partial charge >= 0.3 is 5.69 Å². The van der Waals surface area contributed by atoms with Gasteiger partial charge in [0.1, 0.15) is 5.82 Å². The molecule has 0 bridgehead atoms. The molecule has 1 fully saturated rings. The van der Waals surface area contributed by atoms with Crippen LogP contribution in [0.4, 0.5) is 0 Å². The summed E-state index contributed by atoms with van der Waals surface area (Å²) in [5.74, 6) is 2.48. The third-order valence-corrected chi connectivity index (χ3v) is 3.99. The molecule has 0 radical (unpaired) electrons. The number of rotatable bonds is 3. The van der Waals surface area contributed by atoms with Gasteiger partial charge in [0.25, 0.3) is 0 Å². The molecule has 2 aromatic heterocycles. The monoisotopic (exact) mass is 306 g/mol.